The average Bonchev–Trinajstić information content (AvgIpc) is 2.97. The Balaban J connectivity index is 1.20. The van der Waals surface area contributed by atoms with Gasteiger partial charge in [0.2, 0.25) is 5.91 Å². The summed E-state index contributed by atoms with van der Waals surface area (Å²) >= 11 is 0. The van der Waals surface area contributed by atoms with Gasteiger partial charge in [0.1, 0.15) is 0 Å². The van der Waals surface area contributed by atoms with Gasteiger partial charge in [0, 0.05) is 12.1 Å². The Morgan fingerprint density at radius 2 is 1.55 bits per heavy atom. The quantitative estimate of drug-likeness (QED) is 0.775. The van der Waals surface area contributed by atoms with Gasteiger partial charge in [-0.15, -0.1) is 0 Å². The lowest BCUT2D eigenvalue weighted by Gasteiger charge is -2.17. The van der Waals surface area contributed by atoms with Crippen LogP contribution in [0.25, 0.3) is 0 Å². The van der Waals surface area contributed by atoms with Crippen LogP contribution in [0.1, 0.15) is 57.8 Å². The summed E-state index contributed by atoms with van der Waals surface area (Å²) in [4.78, 5) is 12.1. The van der Waals surface area contributed by atoms with Crippen LogP contribution in [0.15, 0.2) is 0 Å². The van der Waals surface area contributed by atoms with Crippen LogP contribution < -0.4 is 10.6 Å². The summed E-state index contributed by atoms with van der Waals surface area (Å²) in [6.07, 6.45) is 12.0. The molecule has 0 spiro atoms. The van der Waals surface area contributed by atoms with E-state index in [9.17, 15) is 4.79 Å². The van der Waals surface area contributed by atoms with Crippen LogP contribution >= 0.6 is 0 Å². The van der Waals surface area contributed by atoms with Gasteiger partial charge in [0.15, 0.2) is 0 Å². The Bertz CT molecular complexity index is 359. The molecule has 4 fully saturated rings. The average molecular weight is 276 g/mol. The second-order valence-electron chi connectivity index (χ2n) is 7.65. The second-order valence-corrected chi connectivity index (χ2v) is 7.65. The maximum absolute atomic E-state index is 12.1. The van der Waals surface area contributed by atoms with Crippen molar-refractivity contribution in [2.24, 2.45) is 23.7 Å². The number of carbonyl (C=O) groups excluding carboxylic acids is 1. The lowest BCUT2D eigenvalue weighted by molar-refractivity contribution is -0.121. The van der Waals surface area contributed by atoms with Crippen LogP contribution in [0.3, 0.4) is 0 Å². The minimum Gasteiger partial charge on any atom is -0.352 e. The third-order valence-corrected chi connectivity index (χ3v) is 6.45. The number of nitrogens with one attached hydrogen (secondary N) is 2. The normalized spacial score (nSPS) is 43.1. The third kappa shape index (κ3) is 2.38. The van der Waals surface area contributed by atoms with Crippen molar-refractivity contribution in [1.82, 2.24) is 10.6 Å². The molecule has 112 valence electrons. The van der Waals surface area contributed by atoms with Crippen molar-refractivity contribution in [3.05, 3.63) is 0 Å². The van der Waals surface area contributed by atoms with E-state index in [1.165, 1.54) is 57.8 Å². The standard InChI is InChI=1S/C17H28N2O/c20-14(19-13-5-3-1-2-4-6-13)10-18-17-15-11-7-8-12(9-11)16(15)17/h11-13,15-18H,1-10H2,(H,19,20). The van der Waals surface area contributed by atoms with Gasteiger partial charge >= 0.3 is 0 Å². The fraction of sp³-hybridized carbons (Fsp3) is 0.941. The first kappa shape index (κ1) is 13.1. The summed E-state index contributed by atoms with van der Waals surface area (Å²) in [7, 11) is 0. The van der Waals surface area contributed by atoms with E-state index in [1.807, 2.05) is 0 Å². The fourth-order valence-electron chi connectivity index (χ4n) is 5.51. The highest BCUT2D eigenvalue weighted by molar-refractivity contribution is 5.78. The zero-order valence-electron chi connectivity index (χ0n) is 12.4. The monoisotopic (exact) mass is 276 g/mol. The van der Waals surface area contributed by atoms with Gasteiger partial charge in [0.05, 0.1) is 6.54 Å². The summed E-state index contributed by atoms with van der Waals surface area (Å²) < 4.78 is 0. The molecule has 0 aliphatic heterocycles. The Hall–Kier alpha value is -0.570. The molecule has 20 heavy (non-hydrogen) atoms. The van der Waals surface area contributed by atoms with Crippen molar-refractivity contribution in [1.29, 1.82) is 0 Å². The molecular formula is C17H28N2O. The molecule has 4 aliphatic rings. The van der Waals surface area contributed by atoms with Crippen LogP contribution in [0.2, 0.25) is 0 Å². The van der Waals surface area contributed by atoms with E-state index in [-0.39, 0.29) is 5.91 Å². The zero-order chi connectivity index (χ0) is 13.5. The number of hydrogen-bond donors (Lipinski definition) is 2. The Morgan fingerprint density at radius 1 is 0.900 bits per heavy atom. The first-order chi connectivity index (χ1) is 9.83. The molecule has 2 bridgehead atoms. The van der Waals surface area contributed by atoms with Crippen LogP contribution in [0.4, 0.5) is 0 Å². The van der Waals surface area contributed by atoms with E-state index >= 15 is 0 Å². The minimum atomic E-state index is 0.231. The lowest BCUT2D eigenvalue weighted by Crippen LogP contribution is -2.41. The Labute approximate surface area is 122 Å². The molecule has 1 amide bonds. The maximum atomic E-state index is 12.1. The molecule has 0 heterocycles. The molecule has 3 nitrogen and oxygen atoms in total. The molecule has 4 atom stereocenters. The summed E-state index contributed by atoms with van der Waals surface area (Å²) in [5.74, 6) is 4.08. The summed E-state index contributed by atoms with van der Waals surface area (Å²) in [6.45, 7) is 0.549. The van der Waals surface area contributed by atoms with Crippen molar-refractivity contribution in [2.75, 3.05) is 6.54 Å². The second kappa shape index (κ2) is 5.32. The predicted octanol–water partition coefficient (Wildman–Crippen LogP) is 2.46. The number of rotatable bonds is 4. The fourth-order valence-corrected chi connectivity index (χ4v) is 5.51. The first-order valence-corrected chi connectivity index (χ1v) is 8.85. The van der Waals surface area contributed by atoms with Crippen LogP contribution in [-0.4, -0.2) is 24.5 Å². The van der Waals surface area contributed by atoms with E-state index < -0.39 is 0 Å². The SMILES string of the molecule is O=C(CNC1C2C3CCC(C3)C12)NC1CCCCCC1. The summed E-state index contributed by atoms with van der Waals surface area (Å²) in [5, 5.41) is 6.80. The van der Waals surface area contributed by atoms with Gasteiger partial charge in [-0.25, -0.2) is 0 Å². The highest BCUT2D eigenvalue weighted by atomic mass is 16.2. The molecule has 4 saturated carbocycles. The van der Waals surface area contributed by atoms with Crippen molar-refractivity contribution in [3.63, 3.8) is 0 Å². The van der Waals surface area contributed by atoms with Crippen molar-refractivity contribution in [2.45, 2.75) is 69.9 Å². The number of amides is 1. The van der Waals surface area contributed by atoms with E-state index in [4.69, 9.17) is 0 Å². The number of hydrogen-bond acceptors (Lipinski definition) is 2. The zero-order valence-corrected chi connectivity index (χ0v) is 12.4. The topological polar surface area (TPSA) is 41.1 Å². The maximum Gasteiger partial charge on any atom is 0.234 e. The first-order valence-electron chi connectivity index (χ1n) is 8.85. The molecule has 4 aliphatic carbocycles. The highest BCUT2D eigenvalue weighted by Gasteiger charge is 2.64. The molecule has 0 radical (unpaired) electrons. The predicted molar refractivity (Wildman–Crippen MR) is 79.2 cm³/mol. The van der Waals surface area contributed by atoms with Crippen molar-refractivity contribution >= 4 is 5.91 Å². The number of fused-ring (bicyclic) bond motifs is 5. The van der Waals surface area contributed by atoms with Crippen molar-refractivity contribution < 1.29 is 4.79 Å². The van der Waals surface area contributed by atoms with E-state index in [1.54, 1.807) is 0 Å². The van der Waals surface area contributed by atoms with E-state index in [0.717, 1.165) is 23.7 Å². The Morgan fingerprint density at radius 3 is 2.20 bits per heavy atom. The molecule has 0 aromatic carbocycles. The van der Waals surface area contributed by atoms with Crippen LogP contribution in [-0.2, 0) is 4.79 Å². The molecule has 0 aromatic heterocycles. The van der Waals surface area contributed by atoms with Crippen molar-refractivity contribution in [3.8, 4) is 0 Å². The molecule has 0 saturated heterocycles. The molecule has 3 heteroatoms. The van der Waals surface area contributed by atoms with Gasteiger partial charge in [-0.05, 0) is 55.8 Å². The van der Waals surface area contributed by atoms with Gasteiger partial charge in [0.25, 0.3) is 0 Å². The number of carbonyl (C=O) groups is 1. The van der Waals surface area contributed by atoms with Crippen LogP contribution in [0, 0.1) is 23.7 Å². The minimum absolute atomic E-state index is 0.231. The van der Waals surface area contributed by atoms with E-state index in [2.05, 4.69) is 10.6 Å². The summed E-state index contributed by atoms with van der Waals surface area (Å²) in [6, 6.07) is 1.13. The largest absolute Gasteiger partial charge is 0.352 e. The Kier molecular flexibility index (Phi) is 3.49. The smallest absolute Gasteiger partial charge is 0.234 e. The molecule has 4 unspecified atom stereocenters. The molecule has 2 N–H and O–H groups in total. The third-order valence-electron chi connectivity index (χ3n) is 6.45. The summed E-state index contributed by atoms with van der Waals surface area (Å²) in [5.41, 5.74) is 0. The van der Waals surface area contributed by atoms with E-state index in [0.29, 0.717) is 18.6 Å². The molecule has 0 aromatic rings. The lowest BCUT2D eigenvalue weighted by atomic mass is 10.0. The highest BCUT2D eigenvalue weighted by Crippen LogP contribution is 2.65. The van der Waals surface area contributed by atoms with Gasteiger partial charge in [-0.1, -0.05) is 25.7 Å². The van der Waals surface area contributed by atoms with Gasteiger partial charge in [-0.2, -0.15) is 0 Å². The van der Waals surface area contributed by atoms with Gasteiger partial charge < -0.3 is 10.6 Å². The molecule has 4 rings (SSSR count). The van der Waals surface area contributed by atoms with Gasteiger partial charge in [-0.3, -0.25) is 4.79 Å². The molecular weight excluding hydrogens is 248 g/mol. The van der Waals surface area contributed by atoms with Crippen LogP contribution in [0.5, 0.6) is 0 Å².